The Morgan fingerprint density at radius 1 is 1.32 bits per heavy atom. The zero-order valence-electron chi connectivity index (χ0n) is 14.5. The van der Waals surface area contributed by atoms with E-state index in [1.54, 1.807) is 19.9 Å². The average Bonchev–Trinajstić information content (AvgIpc) is 2.56. The van der Waals surface area contributed by atoms with Gasteiger partial charge in [0.05, 0.1) is 6.61 Å². The van der Waals surface area contributed by atoms with Crippen LogP contribution in [0.15, 0.2) is 18.2 Å². The van der Waals surface area contributed by atoms with E-state index in [9.17, 15) is 14.4 Å². The van der Waals surface area contributed by atoms with Gasteiger partial charge in [-0.05, 0) is 42.5 Å². The molecule has 0 aliphatic carbocycles. The van der Waals surface area contributed by atoms with Crippen LogP contribution in [-0.2, 0) is 20.8 Å². The Kier molecular flexibility index (Phi) is 6.38. The first-order valence-electron chi connectivity index (χ1n) is 8.44. The van der Waals surface area contributed by atoms with E-state index in [0.29, 0.717) is 31.6 Å². The van der Waals surface area contributed by atoms with Crippen molar-refractivity contribution < 1.29 is 24.2 Å². The SMILES string of the molecule is CC(C)[C@H](NC(=O)CCCOc1ccc2c(c1)CCC(=O)N2)C(=O)O. The molecule has 25 heavy (non-hydrogen) atoms. The lowest BCUT2D eigenvalue weighted by molar-refractivity contribution is -0.143. The van der Waals surface area contributed by atoms with E-state index in [4.69, 9.17) is 9.84 Å². The second-order valence-corrected chi connectivity index (χ2v) is 6.45. The molecule has 1 heterocycles. The van der Waals surface area contributed by atoms with Gasteiger partial charge in [0.25, 0.3) is 0 Å². The van der Waals surface area contributed by atoms with Crippen LogP contribution in [0.4, 0.5) is 5.69 Å². The smallest absolute Gasteiger partial charge is 0.326 e. The van der Waals surface area contributed by atoms with Gasteiger partial charge in [0.15, 0.2) is 0 Å². The van der Waals surface area contributed by atoms with Gasteiger partial charge in [-0.15, -0.1) is 0 Å². The average molecular weight is 348 g/mol. The summed E-state index contributed by atoms with van der Waals surface area (Å²) in [6.07, 6.45) is 1.85. The zero-order chi connectivity index (χ0) is 18.4. The van der Waals surface area contributed by atoms with Gasteiger partial charge in [-0.25, -0.2) is 4.79 Å². The Morgan fingerprint density at radius 2 is 2.08 bits per heavy atom. The van der Waals surface area contributed by atoms with Crippen molar-refractivity contribution in [2.24, 2.45) is 5.92 Å². The van der Waals surface area contributed by atoms with Gasteiger partial charge in [-0.2, -0.15) is 0 Å². The summed E-state index contributed by atoms with van der Waals surface area (Å²) in [7, 11) is 0. The first-order valence-corrected chi connectivity index (χ1v) is 8.44. The molecule has 0 saturated heterocycles. The van der Waals surface area contributed by atoms with Crippen molar-refractivity contribution in [2.75, 3.05) is 11.9 Å². The highest BCUT2D eigenvalue weighted by Gasteiger charge is 2.23. The third kappa shape index (κ3) is 5.48. The fraction of sp³-hybridized carbons (Fsp3) is 0.500. The number of anilines is 1. The minimum atomic E-state index is -1.03. The summed E-state index contributed by atoms with van der Waals surface area (Å²) in [5.41, 5.74) is 1.85. The van der Waals surface area contributed by atoms with E-state index in [2.05, 4.69) is 10.6 Å². The van der Waals surface area contributed by atoms with Crippen molar-refractivity contribution in [3.05, 3.63) is 23.8 Å². The third-order valence-electron chi connectivity index (χ3n) is 4.04. The second-order valence-electron chi connectivity index (χ2n) is 6.45. The fourth-order valence-electron chi connectivity index (χ4n) is 2.63. The van der Waals surface area contributed by atoms with E-state index >= 15 is 0 Å². The molecule has 0 spiro atoms. The maximum atomic E-state index is 11.8. The van der Waals surface area contributed by atoms with Crippen LogP contribution in [0.3, 0.4) is 0 Å². The van der Waals surface area contributed by atoms with Crippen LogP contribution in [-0.4, -0.2) is 35.5 Å². The lowest BCUT2D eigenvalue weighted by atomic mass is 10.0. The van der Waals surface area contributed by atoms with E-state index in [0.717, 1.165) is 11.3 Å². The molecule has 1 atom stereocenters. The van der Waals surface area contributed by atoms with E-state index < -0.39 is 12.0 Å². The van der Waals surface area contributed by atoms with Crippen molar-refractivity contribution in [1.29, 1.82) is 0 Å². The molecule has 0 radical (unpaired) electrons. The number of fused-ring (bicyclic) bond motifs is 1. The Bertz CT molecular complexity index is 657. The number of carboxylic acid groups (broad SMARTS) is 1. The van der Waals surface area contributed by atoms with Gasteiger partial charge in [0.1, 0.15) is 11.8 Å². The lowest BCUT2D eigenvalue weighted by Gasteiger charge is -2.18. The number of benzene rings is 1. The predicted octanol–water partition coefficient (Wildman–Crippen LogP) is 1.96. The highest BCUT2D eigenvalue weighted by atomic mass is 16.5. The Balaban J connectivity index is 1.75. The van der Waals surface area contributed by atoms with Crippen LogP contribution in [0.5, 0.6) is 5.75 Å². The number of aliphatic carboxylic acids is 1. The molecule has 0 fully saturated rings. The minimum absolute atomic E-state index is 0.0215. The van der Waals surface area contributed by atoms with Crippen molar-refractivity contribution in [2.45, 2.75) is 45.6 Å². The van der Waals surface area contributed by atoms with Gasteiger partial charge in [0, 0.05) is 18.5 Å². The summed E-state index contributed by atoms with van der Waals surface area (Å²) < 4.78 is 5.64. The van der Waals surface area contributed by atoms with E-state index in [-0.39, 0.29) is 24.2 Å². The van der Waals surface area contributed by atoms with Gasteiger partial charge < -0.3 is 20.5 Å². The lowest BCUT2D eigenvalue weighted by Crippen LogP contribution is -2.44. The molecule has 1 aromatic rings. The van der Waals surface area contributed by atoms with Crippen molar-refractivity contribution >= 4 is 23.5 Å². The molecule has 7 nitrogen and oxygen atoms in total. The van der Waals surface area contributed by atoms with Crippen LogP contribution < -0.4 is 15.4 Å². The number of rotatable bonds is 8. The maximum absolute atomic E-state index is 11.8. The largest absolute Gasteiger partial charge is 0.494 e. The summed E-state index contributed by atoms with van der Waals surface area (Å²) in [4.78, 5) is 34.2. The minimum Gasteiger partial charge on any atom is -0.494 e. The van der Waals surface area contributed by atoms with Crippen LogP contribution >= 0.6 is 0 Å². The van der Waals surface area contributed by atoms with Crippen LogP contribution in [0.2, 0.25) is 0 Å². The van der Waals surface area contributed by atoms with Crippen molar-refractivity contribution in [1.82, 2.24) is 5.32 Å². The first kappa shape index (κ1) is 18.8. The van der Waals surface area contributed by atoms with Gasteiger partial charge >= 0.3 is 5.97 Å². The molecule has 2 rings (SSSR count). The molecule has 1 aliphatic rings. The highest BCUT2D eigenvalue weighted by Crippen LogP contribution is 2.26. The summed E-state index contributed by atoms with van der Waals surface area (Å²) in [6.45, 7) is 3.86. The fourth-order valence-corrected chi connectivity index (χ4v) is 2.63. The predicted molar refractivity (Wildman–Crippen MR) is 92.5 cm³/mol. The third-order valence-corrected chi connectivity index (χ3v) is 4.04. The Labute approximate surface area is 146 Å². The molecule has 1 aliphatic heterocycles. The van der Waals surface area contributed by atoms with Crippen LogP contribution in [0, 0.1) is 5.92 Å². The molecule has 7 heteroatoms. The van der Waals surface area contributed by atoms with Crippen molar-refractivity contribution in [3.8, 4) is 5.75 Å². The van der Waals surface area contributed by atoms with E-state index in [1.165, 1.54) is 0 Å². The summed E-state index contributed by atoms with van der Waals surface area (Å²) >= 11 is 0. The summed E-state index contributed by atoms with van der Waals surface area (Å²) in [6, 6.07) is 4.62. The van der Waals surface area contributed by atoms with Gasteiger partial charge in [0.2, 0.25) is 11.8 Å². The zero-order valence-corrected chi connectivity index (χ0v) is 14.5. The monoisotopic (exact) mass is 348 g/mol. The summed E-state index contributed by atoms with van der Waals surface area (Å²) in [5.74, 6) is -0.776. The van der Waals surface area contributed by atoms with E-state index in [1.807, 2.05) is 12.1 Å². The number of carboxylic acids is 1. The molecule has 1 aromatic carbocycles. The normalized spacial score (nSPS) is 14.4. The molecule has 0 unspecified atom stereocenters. The van der Waals surface area contributed by atoms with Crippen molar-refractivity contribution in [3.63, 3.8) is 0 Å². The molecule has 0 bridgehead atoms. The number of aryl methyl sites for hydroxylation is 1. The number of ether oxygens (including phenoxy) is 1. The topological polar surface area (TPSA) is 105 Å². The number of carbonyl (C=O) groups excluding carboxylic acids is 2. The summed E-state index contributed by atoms with van der Waals surface area (Å²) in [5, 5.41) is 14.4. The molecule has 2 amide bonds. The number of amides is 2. The first-order chi connectivity index (χ1) is 11.9. The Hall–Kier alpha value is -2.57. The second kappa shape index (κ2) is 8.50. The van der Waals surface area contributed by atoms with Gasteiger partial charge in [-0.1, -0.05) is 13.8 Å². The van der Waals surface area contributed by atoms with Gasteiger partial charge in [-0.3, -0.25) is 9.59 Å². The molecule has 136 valence electrons. The standard InChI is InChI=1S/C18H24N2O5/c1-11(2)17(18(23)24)20-15(21)4-3-9-25-13-6-7-14-12(10-13)5-8-16(22)19-14/h6-7,10-11,17H,3-5,8-9H2,1-2H3,(H,19,22)(H,20,21)(H,23,24)/t17-/m0/s1. The number of hydrogen-bond donors (Lipinski definition) is 3. The quantitative estimate of drug-likeness (QED) is 0.623. The highest BCUT2D eigenvalue weighted by molar-refractivity contribution is 5.94. The molecule has 0 saturated carbocycles. The molecular formula is C18H24N2O5. The number of hydrogen-bond acceptors (Lipinski definition) is 4. The molecule has 0 aromatic heterocycles. The maximum Gasteiger partial charge on any atom is 0.326 e. The van der Waals surface area contributed by atoms with Crippen LogP contribution in [0.1, 0.15) is 38.7 Å². The molecular weight excluding hydrogens is 324 g/mol. The number of carbonyl (C=O) groups is 3. The van der Waals surface area contributed by atoms with Crippen LogP contribution in [0.25, 0.3) is 0 Å². The number of nitrogens with one attached hydrogen (secondary N) is 2. The Morgan fingerprint density at radius 3 is 2.76 bits per heavy atom. The molecule has 3 N–H and O–H groups in total.